The molecule has 134 valence electrons. The van der Waals surface area contributed by atoms with Gasteiger partial charge in [0.1, 0.15) is 12.7 Å². The summed E-state index contributed by atoms with van der Waals surface area (Å²) in [4.78, 5) is 18.6. The molecular weight excluding hydrogens is 314 g/mol. The second kappa shape index (κ2) is 8.76. The maximum atomic E-state index is 12.3. The normalized spacial score (nSPS) is 15.4. The van der Waals surface area contributed by atoms with Crippen LogP contribution in [0.5, 0.6) is 0 Å². The molecule has 1 heterocycles. The van der Waals surface area contributed by atoms with E-state index >= 15 is 0 Å². The van der Waals surface area contributed by atoms with Gasteiger partial charge < -0.3 is 5.32 Å². The summed E-state index contributed by atoms with van der Waals surface area (Å²) >= 11 is 0. The molecule has 0 aliphatic heterocycles. The van der Waals surface area contributed by atoms with Crippen LogP contribution in [0.25, 0.3) is 0 Å². The molecule has 1 N–H and O–H groups in total. The number of hydrogen-bond donors (Lipinski definition) is 1. The molecule has 0 bridgehead atoms. The van der Waals surface area contributed by atoms with Crippen LogP contribution in [0.2, 0.25) is 0 Å². The third-order valence-corrected chi connectivity index (χ3v) is 4.94. The van der Waals surface area contributed by atoms with E-state index in [9.17, 15) is 4.79 Å². The van der Waals surface area contributed by atoms with E-state index in [1.54, 1.807) is 11.0 Å². The van der Waals surface area contributed by atoms with Crippen molar-refractivity contribution in [1.82, 2.24) is 19.7 Å². The molecule has 1 aliphatic carbocycles. The van der Waals surface area contributed by atoms with E-state index in [0.29, 0.717) is 19.0 Å². The van der Waals surface area contributed by atoms with Crippen molar-refractivity contribution in [3.63, 3.8) is 0 Å². The van der Waals surface area contributed by atoms with Gasteiger partial charge in [0.05, 0.1) is 6.54 Å². The van der Waals surface area contributed by atoms with Crippen LogP contribution >= 0.6 is 0 Å². The molecule has 1 saturated carbocycles. The molecule has 0 unspecified atom stereocenters. The quantitative estimate of drug-likeness (QED) is 0.841. The predicted molar refractivity (Wildman–Crippen MR) is 98.1 cm³/mol. The highest BCUT2D eigenvalue weighted by Crippen LogP contribution is 2.24. The Hall–Kier alpha value is -2.21. The number of nitrogens with one attached hydrogen (secondary N) is 1. The molecule has 1 fully saturated rings. The van der Waals surface area contributed by atoms with Gasteiger partial charge in [-0.25, -0.2) is 4.98 Å². The highest BCUT2D eigenvalue weighted by atomic mass is 16.1. The van der Waals surface area contributed by atoms with Crippen molar-refractivity contribution in [1.29, 1.82) is 0 Å². The Morgan fingerprint density at radius 3 is 2.84 bits per heavy atom. The highest BCUT2D eigenvalue weighted by Gasteiger charge is 2.19. The van der Waals surface area contributed by atoms with Crippen LogP contribution in [0, 0.1) is 0 Å². The van der Waals surface area contributed by atoms with Gasteiger partial charge in [0.15, 0.2) is 0 Å². The van der Waals surface area contributed by atoms with Gasteiger partial charge >= 0.3 is 0 Å². The first-order valence-electron chi connectivity index (χ1n) is 9.13. The number of carbonyl (C=O) groups is 1. The number of nitrogens with zero attached hydrogens (tertiary/aromatic N) is 4. The summed E-state index contributed by atoms with van der Waals surface area (Å²) in [5.74, 6) is 0.00303. The number of hydrogen-bond acceptors (Lipinski definition) is 4. The maximum absolute atomic E-state index is 12.3. The number of aryl methyl sites for hydroxylation is 1. The zero-order valence-corrected chi connectivity index (χ0v) is 14.9. The Kier molecular flexibility index (Phi) is 6.17. The van der Waals surface area contributed by atoms with Crippen molar-refractivity contribution in [2.45, 2.75) is 57.7 Å². The number of aromatic nitrogens is 3. The van der Waals surface area contributed by atoms with Crippen LogP contribution in [0.4, 0.5) is 5.69 Å². The van der Waals surface area contributed by atoms with Crippen molar-refractivity contribution in [3.8, 4) is 0 Å². The summed E-state index contributed by atoms with van der Waals surface area (Å²) < 4.78 is 1.67. The largest absolute Gasteiger partial charge is 0.326 e. The van der Waals surface area contributed by atoms with Gasteiger partial charge in [0, 0.05) is 24.7 Å². The van der Waals surface area contributed by atoms with Crippen molar-refractivity contribution >= 4 is 11.6 Å². The van der Waals surface area contributed by atoms with E-state index in [1.807, 2.05) is 18.2 Å². The third kappa shape index (κ3) is 5.13. The lowest BCUT2D eigenvalue weighted by atomic mass is 9.94. The van der Waals surface area contributed by atoms with E-state index in [1.165, 1.54) is 44.0 Å². The highest BCUT2D eigenvalue weighted by molar-refractivity contribution is 5.91. The van der Waals surface area contributed by atoms with Crippen molar-refractivity contribution in [2.24, 2.45) is 0 Å². The van der Waals surface area contributed by atoms with Gasteiger partial charge in [-0.15, -0.1) is 0 Å². The van der Waals surface area contributed by atoms with Crippen LogP contribution in [0.3, 0.4) is 0 Å². The molecule has 2 aromatic rings. The molecule has 6 nitrogen and oxygen atoms in total. The van der Waals surface area contributed by atoms with Crippen molar-refractivity contribution < 1.29 is 4.79 Å². The fourth-order valence-corrected chi connectivity index (χ4v) is 3.48. The zero-order valence-electron chi connectivity index (χ0n) is 14.9. The summed E-state index contributed by atoms with van der Waals surface area (Å²) in [6, 6.07) is 8.75. The smallest absolute Gasteiger partial charge is 0.226 e. The summed E-state index contributed by atoms with van der Waals surface area (Å²) in [5.41, 5.74) is 2.08. The minimum Gasteiger partial charge on any atom is -0.326 e. The first-order valence-corrected chi connectivity index (χ1v) is 9.13. The lowest BCUT2D eigenvalue weighted by molar-refractivity contribution is -0.116. The average Bonchev–Trinajstić information content (AvgIpc) is 3.16. The van der Waals surface area contributed by atoms with Gasteiger partial charge in [-0.2, -0.15) is 5.10 Å². The van der Waals surface area contributed by atoms with Crippen LogP contribution in [-0.4, -0.2) is 38.7 Å². The second-order valence-corrected chi connectivity index (χ2v) is 6.82. The molecular formula is C19H27N5O. The monoisotopic (exact) mass is 341 g/mol. The molecule has 0 radical (unpaired) electrons. The predicted octanol–water partition coefficient (Wildman–Crippen LogP) is 3.07. The molecule has 0 atom stereocenters. The van der Waals surface area contributed by atoms with Gasteiger partial charge in [-0.05, 0) is 31.5 Å². The summed E-state index contributed by atoms with van der Waals surface area (Å²) in [5, 5.41) is 7.08. The zero-order chi connectivity index (χ0) is 17.5. The minimum atomic E-state index is 0.00303. The third-order valence-electron chi connectivity index (χ3n) is 4.94. The van der Waals surface area contributed by atoms with Gasteiger partial charge in [0.2, 0.25) is 5.91 Å². The van der Waals surface area contributed by atoms with Gasteiger partial charge in [-0.3, -0.25) is 14.4 Å². The van der Waals surface area contributed by atoms with E-state index in [0.717, 1.165) is 12.2 Å². The average molecular weight is 341 g/mol. The maximum Gasteiger partial charge on any atom is 0.226 e. The Morgan fingerprint density at radius 2 is 2.08 bits per heavy atom. The van der Waals surface area contributed by atoms with Crippen molar-refractivity contribution in [3.05, 3.63) is 42.5 Å². The fraction of sp³-hybridized carbons (Fsp3) is 0.526. The number of carbonyl (C=O) groups excluding carboxylic acids is 1. The lowest BCUT2D eigenvalue weighted by Crippen LogP contribution is -2.33. The molecule has 1 aromatic heterocycles. The number of para-hydroxylation sites is 1. The second-order valence-electron chi connectivity index (χ2n) is 6.82. The van der Waals surface area contributed by atoms with Crippen LogP contribution < -0.4 is 5.32 Å². The number of benzene rings is 1. The fourth-order valence-electron chi connectivity index (χ4n) is 3.48. The van der Waals surface area contributed by atoms with Crippen LogP contribution in [-0.2, 0) is 17.9 Å². The Morgan fingerprint density at radius 1 is 1.28 bits per heavy atom. The number of rotatable bonds is 7. The van der Waals surface area contributed by atoms with E-state index in [4.69, 9.17) is 0 Å². The first kappa shape index (κ1) is 17.6. The Balaban J connectivity index is 1.57. The van der Waals surface area contributed by atoms with Crippen LogP contribution in [0.1, 0.15) is 44.1 Å². The standard InChI is InChI=1S/C19H27N5O/c1-23(17-8-3-2-4-9-17)13-16-7-5-6-10-18(16)22-19(25)11-12-24-15-20-14-21-24/h5-7,10,14-15,17H,2-4,8-9,11-13H2,1H3,(H,22,25). The molecule has 1 amide bonds. The molecule has 0 saturated heterocycles. The topological polar surface area (TPSA) is 63.1 Å². The van der Waals surface area contributed by atoms with E-state index < -0.39 is 0 Å². The first-order chi connectivity index (χ1) is 12.2. The minimum absolute atomic E-state index is 0.00303. The van der Waals surface area contributed by atoms with Crippen LogP contribution in [0.15, 0.2) is 36.9 Å². The number of anilines is 1. The molecule has 6 heteroatoms. The molecule has 1 aliphatic rings. The molecule has 25 heavy (non-hydrogen) atoms. The summed E-state index contributed by atoms with van der Waals surface area (Å²) in [6.45, 7) is 1.40. The lowest BCUT2D eigenvalue weighted by Gasteiger charge is -2.31. The van der Waals surface area contributed by atoms with Crippen molar-refractivity contribution in [2.75, 3.05) is 12.4 Å². The van der Waals surface area contributed by atoms with E-state index in [2.05, 4.69) is 33.4 Å². The Labute approximate surface area is 149 Å². The van der Waals surface area contributed by atoms with E-state index in [-0.39, 0.29) is 5.91 Å². The molecule has 1 aromatic carbocycles. The van der Waals surface area contributed by atoms with Gasteiger partial charge in [0.25, 0.3) is 0 Å². The molecule has 3 rings (SSSR count). The van der Waals surface area contributed by atoms with Gasteiger partial charge in [-0.1, -0.05) is 37.5 Å². The summed E-state index contributed by atoms with van der Waals surface area (Å²) in [6.07, 6.45) is 10.1. The summed E-state index contributed by atoms with van der Waals surface area (Å²) in [7, 11) is 2.19. The molecule has 0 spiro atoms. The number of amides is 1. The Bertz CT molecular complexity index is 664. The SMILES string of the molecule is CN(Cc1ccccc1NC(=O)CCn1cncn1)C1CCCCC1.